The molecule has 33 heavy (non-hydrogen) atoms. The molecule has 2 aliphatic rings. The van der Waals surface area contributed by atoms with E-state index in [1.165, 1.54) is 0 Å². The van der Waals surface area contributed by atoms with Crippen LogP contribution in [0.1, 0.15) is 25.3 Å². The summed E-state index contributed by atoms with van der Waals surface area (Å²) in [4.78, 5) is 27.6. The van der Waals surface area contributed by atoms with Gasteiger partial charge in [-0.3, -0.25) is 9.59 Å². The Morgan fingerprint density at radius 1 is 1.00 bits per heavy atom. The maximum Gasteiger partial charge on any atom is 0.229 e. The fourth-order valence-electron chi connectivity index (χ4n) is 4.49. The zero-order chi connectivity index (χ0) is 22.4. The lowest BCUT2D eigenvalue weighted by atomic mass is 10.1. The Labute approximate surface area is 190 Å². The van der Waals surface area contributed by atoms with Crippen molar-refractivity contribution in [2.75, 3.05) is 16.8 Å². The fraction of sp³-hybridized carbons (Fsp3) is 0.240. The Bertz CT molecular complexity index is 1370. The van der Waals surface area contributed by atoms with Crippen LogP contribution in [0, 0.1) is 5.92 Å². The summed E-state index contributed by atoms with van der Waals surface area (Å²) in [7, 11) is 0. The van der Waals surface area contributed by atoms with E-state index in [2.05, 4.69) is 20.8 Å². The zero-order valence-electron chi connectivity index (χ0n) is 17.9. The van der Waals surface area contributed by atoms with Gasteiger partial charge in [0, 0.05) is 29.6 Å². The van der Waals surface area contributed by atoms with Crippen molar-refractivity contribution in [3.8, 4) is 11.4 Å². The van der Waals surface area contributed by atoms with Crippen LogP contribution in [0.25, 0.3) is 22.2 Å². The average Bonchev–Trinajstić information content (AvgIpc) is 3.43. The summed E-state index contributed by atoms with van der Waals surface area (Å²) in [6, 6.07) is 21.8. The first-order valence-electron chi connectivity index (χ1n) is 11.1. The number of aromatic nitrogens is 4. The second-order valence-corrected chi connectivity index (χ2v) is 8.65. The molecule has 1 saturated carbocycles. The van der Waals surface area contributed by atoms with E-state index in [0.29, 0.717) is 24.1 Å². The van der Waals surface area contributed by atoms with Gasteiger partial charge in [0.05, 0.1) is 17.6 Å². The summed E-state index contributed by atoms with van der Waals surface area (Å²) in [5.41, 5.74) is 2.37. The highest BCUT2D eigenvalue weighted by atomic mass is 16.2. The molecule has 6 rings (SSSR count). The lowest BCUT2D eigenvalue weighted by Crippen LogP contribution is -2.28. The topological polar surface area (TPSA) is 93.0 Å². The van der Waals surface area contributed by atoms with Gasteiger partial charge in [0.2, 0.25) is 11.8 Å². The third kappa shape index (κ3) is 3.63. The van der Waals surface area contributed by atoms with Gasteiger partial charge in [0.1, 0.15) is 0 Å². The molecule has 1 saturated heterocycles. The normalized spacial score (nSPS) is 18.1. The van der Waals surface area contributed by atoms with Gasteiger partial charge in [-0.2, -0.15) is 0 Å². The van der Waals surface area contributed by atoms with Crippen LogP contribution in [0.3, 0.4) is 0 Å². The predicted octanol–water partition coefficient (Wildman–Crippen LogP) is 3.82. The van der Waals surface area contributed by atoms with Gasteiger partial charge in [0.25, 0.3) is 0 Å². The van der Waals surface area contributed by atoms with Gasteiger partial charge in [-0.05, 0) is 46.9 Å². The molecule has 1 aliphatic heterocycles. The highest BCUT2D eigenvalue weighted by molar-refractivity contribution is 6.08. The Morgan fingerprint density at radius 3 is 2.70 bits per heavy atom. The van der Waals surface area contributed by atoms with E-state index in [4.69, 9.17) is 0 Å². The molecule has 8 nitrogen and oxygen atoms in total. The summed E-state index contributed by atoms with van der Waals surface area (Å²) in [6.45, 7) is 0.359. The van der Waals surface area contributed by atoms with Gasteiger partial charge in [-0.1, -0.05) is 48.5 Å². The molecular formula is C25H22N6O2. The van der Waals surface area contributed by atoms with Crippen LogP contribution >= 0.6 is 0 Å². The lowest BCUT2D eigenvalue weighted by molar-refractivity contribution is -0.122. The summed E-state index contributed by atoms with van der Waals surface area (Å²) in [5, 5.41) is 17.1. The quantitative estimate of drug-likeness (QED) is 0.511. The Morgan fingerprint density at radius 2 is 1.82 bits per heavy atom. The summed E-state index contributed by atoms with van der Waals surface area (Å²) >= 11 is 0. The standard InChI is InChI=1S/C25H22N6O2/c32-23-14-18(15-30(23)22-10-4-6-16-5-1-2-9-21(16)22)25(33)26-19-8-3-7-17(13-19)24-27-28-29-31(24)20-11-12-20/h1-10,13,18,20H,11-12,14-15H2,(H,26,33). The van der Waals surface area contributed by atoms with Crippen LogP contribution in [0.2, 0.25) is 0 Å². The molecule has 1 N–H and O–H groups in total. The highest BCUT2D eigenvalue weighted by Gasteiger charge is 2.36. The molecule has 1 aromatic heterocycles. The van der Waals surface area contributed by atoms with Gasteiger partial charge in [0.15, 0.2) is 5.82 Å². The van der Waals surface area contributed by atoms with Crippen LogP contribution in [0.4, 0.5) is 11.4 Å². The van der Waals surface area contributed by atoms with Crippen molar-refractivity contribution in [1.82, 2.24) is 20.2 Å². The largest absolute Gasteiger partial charge is 0.326 e. The highest BCUT2D eigenvalue weighted by Crippen LogP contribution is 2.37. The Kier molecular flexibility index (Phi) is 4.64. The number of hydrogen-bond donors (Lipinski definition) is 1. The first-order chi connectivity index (χ1) is 16.2. The molecular weight excluding hydrogens is 416 g/mol. The van der Waals surface area contributed by atoms with Crippen LogP contribution in [0.15, 0.2) is 66.7 Å². The lowest BCUT2D eigenvalue weighted by Gasteiger charge is -2.19. The van der Waals surface area contributed by atoms with E-state index in [-0.39, 0.29) is 18.2 Å². The number of rotatable bonds is 5. The maximum absolute atomic E-state index is 13.0. The van der Waals surface area contributed by atoms with Crippen LogP contribution in [0.5, 0.6) is 0 Å². The van der Waals surface area contributed by atoms with Gasteiger partial charge in [-0.25, -0.2) is 4.68 Å². The minimum absolute atomic E-state index is 0.0381. The predicted molar refractivity (Wildman–Crippen MR) is 125 cm³/mol. The molecule has 0 radical (unpaired) electrons. The van der Waals surface area contributed by atoms with E-state index < -0.39 is 5.92 Å². The SMILES string of the molecule is O=C(Nc1cccc(-c2nnnn2C2CC2)c1)C1CC(=O)N(c2cccc3ccccc23)C1. The third-order valence-electron chi connectivity index (χ3n) is 6.33. The van der Waals surface area contributed by atoms with Crippen LogP contribution < -0.4 is 10.2 Å². The van der Waals surface area contributed by atoms with Gasteiger partial charge < -0.3 is 10.2 Å². The van der Waals surface area contributed by atoms with Crippen molar-refractivity contribution in [2.24, 2.45) is 5.92 Å². The molecule has 8 heteroatoms. The minimum atomic E-state index is -0.420. The number of fused-ring (bicyclic) bond motifs is 1. The van der Waals surface area contributed by atoms with Gasteiger partial charge in [-0.15, -0.1) is 5.10 Å². The van der Waals surface area contributed by atoms with E-state index >= 15 is 0 Å². The molecule has 2 heterocycles. The Hall–Kier alpha value is -4.07. The molecule has 0 bridgehead atoms. The number of carbonyl (C=O) groups is 2. The van der Waals surface area contributed by atoms with Crippen molar-refractivity contribution in [2.45, 2.75) is 25.3 Å². The molecule has 1 unspecified atom stereocenters. The number of carbonyl (C=O) groups excluding carboxylic acids is 2. The van der Waals surface area contributed by atoms with Gasteiger partial charge >= 0.3 is 0 Å². The van der Waals surface area contributed by atoms with Crippen molar-refractivity contribution in [3.05, 3.63) is 66.7 Å². The maximum atomic E-state index is 13.0. The molecule has 164 valence electrons. The molecule has 2 fully saturated rings. The van der Waals surface area contributed by atoms with E-state index in [9.17, 15) is 9.59 Å². The molecule has 4 aromatic rings. The molecule has 3 aromatic carbocycles. The summed E-state index contributed by atoms with van der Waals surface area (Å²) in [6.07, 6.45) is 2.35. The van der Waals surface area contributed by atoms with Crippen molar-refractivity contribution in [3.63, 3.8) is 0 Å². The van der Waals surface area contributed by atoms with E-state index in [1.807, 2.05) is 71.4 Å². The monoisotopic (exact) mass is 438 g/mol. The van der Waals surface area contributed by atoms with E-state index in [1.54, 1.807) is 4.90 Å². The van der Waals surface area contributed by atoms with Crippen molar-refractivity contribution >= 4 is 34.0 Å². The molecule has 0 spiro atoms. The number of nitrogens with one attached hydrogen (secondary N) is 1. The number of amides is 2. The van der Waals surface area contributed by atoms with Crippen molar-refractivity contribution in [1.29, 1.82) is 0 Å². The molecule has 1 atom stereocenters. The molecule has 1 aliphatic carbocycles. The minimum Gasteiger partial charge on any atom is -0.326 e. The fourth-order valence-corrected chi connectivity index (χ4v) is 4.49. The second kappa shape index (κ2) is 7.81. The second-order valence-electron chi connectivity index (χ2n) is 8.65. The zero-order valence-corrected chi connectivity index (χ0v) is 17.9. The first kappa shape index (κ1) is 19.6. The van der Waals surface area contributed by atoms with E-state index in [0.717, 1.165) is 34.9 Å². The smallest absolute Gasteiger partial charge is 0.229 e. The van der Waals surface area contributed by atoms with Crippen LogP contribution in [-0.2, 0) is 9.59 Å². The van der Waals surface area contributed by atoms with Crippen molar-refractivity contribution < 1.29 is 9.59 Å². The average molecular weight is 438 g/mol. The molecule has 2 amide bonds. The number of hydrogen-bond acceptors (Lipinski definition) is 5. The number of nitrogens with zero attached hydrogens (tertiary/aromatic N) is 5. The summed E-state index contributed by atoms with van der Waals surface area (Å²) in [5.74, 6) is 0.0811. The third-order valence-corrected chi connectivity index (χ3v) is 6.33. The number of benzene rings is 3. The first-order valence-corrected chi connectivity index (χ1v) is 11.1. The Balaban J connectivity index is 1.20. The van der Waals surface area contributed by atoms with Crippen LogP contribution in [-0.4, -0.2) is 38.6 Å². The number of anilines is 2. The summed E-state index contributed by atoms with van der Waals surface area (Å²) < 4.78 is 1.85. The number of tetrazole rings is 1.